The van der Waals surface area contributed by atoms with E-state index in [0.29, 0.717) is 0 Å². The van der Waals surface area contributed by atoms with Gasteiger partial charge in [0.2, 0.25) is 0 Å². The summed E-state index contributed by atoms with van der Waals surface area (Å²) in [5.74, 6) is 0. The van der Waals surface area contributed by atoms with E-state index in [-0.39, 0.29) is 0 Å². The van der Waals surface area contributed by atoms with Crippen molar-refractivity contribution in [3.05, 3.63) is 59.5 Å². The summed E-state index contributed by atoms with van der Waals surface area (Å²) in [4.78, 5) is 0. The van der Waals surface area contributed by atoms with Crippen molar-refractivity contribution in [2.24, 2.45) is 0 Å². The number of benzene rings is 1. The first-order valence-electron chi connectivity index (χ1n) is 4.41. The van der Waals surface area contributed by atoms with Crippen molar-refractivity contribution in [2.75, 3.05) is 0 Å². The summed E-state index contributed by atoms with van der Waals surface area (Å²) in [7, 11) is 0. The third kappa shape index (κ3) is 2.00. The van der Waals surface area contributed by atoms with Gasteiger partial charge in [-0.2, -0.15) is 0 Å². The summed E-state index contributed by atoms with van der Waals surface area (Å²) in [6.45, 7) is 2.10. The molecule has 1 nitrogen and oxygen atoms in total. The molecule has 2 rings (SSSR count). The van der Waals surface area contributed by atoms with Gasteiger partial charge >= 0.3 is 0 Å². The Morgan fingerprint density at radius 2 is 1.77 bits per heavy atom. The van der Waals surface area contributed by atoms with Crippen LogP contribution in [0.5, 0.6) is 0 Å². The smallest absolute Gasteiger partial charge is 0.0937 e. The van der Waals surface area contributed by atoms with E-state index in [1.165, 1.54) is 16.7 Å². The van der Waals surface area contributed by atoms with E-state index in [1.807, 2.05) is 6.07 Å². The van der Waals surface area contributed by atoms with Crippen LogP contribution >= 0.6 is 0 Å². The molecule has 0 atom stereocenters. The van der Waals surface area contributed by atoms with E-state index in [0.717, 1.165) is 6.42 Å². The Kier molecular flexibility index (Phi) is 2.17. The van der Waals surface area contributed by atoms with Crippen molar-refractivity contribution in [1.29, 1.82) is 0 Å². The Labute approximate surface area is 78.0 Å². The van der Waals surface area contributed by atoms with Gasteiger partial charge in [0.1, 0.15) is 0 Å². The highest BCUT2D eigenvalue weighted by molar-refractivity contribution is 5.26. The average molecular weight is 172 g/mol. The first kappa shape index (κ1) is 8.11. The molecule has 0 amide bonds. The summed E-state index contributed by atoms with van der Waals surface area (Å²) in [5.41, 5.74) is 3.85. The van der Waals surface area contributed by atoms with Gasteiger partial charge in [0.15, 0.2) is 0 Å². The van der Waals surface area contributed by atoms with Gasteiger partial charge in [0.05, 0.1) is 12.5 Å². The van der Waals surface area contributed by atoms with Crippen LogP contribution in [0.15, 0.2) is 47.3 Å². The fourth-order valence-electron chi connectivity index (χ4n) is 1.33. The van der Waals surface area contributed by atoms with Gasteiger partial charge < -0.3 is 4.42 Å². The van der Waals surface area contributed by atoms with Gasteiger partial charge in [-0.05, 0) is 24.1 Å². The Balaban J connectivity index is 2.15. The Bertz CT molecular complexity index is 357. The highest BCUT2D eigenvalue weighted by Gasteiger charge is 1.96. The Morgan fingerprint density at radius 3 is 2.38 bits per heavy atom. The third-order valence-electron chi connectivity index (χ3n) is 2.11. The molecule has 13 heavy (non-hydrogen) atoms. The molecule has 0 N–H and O–H groups in total. The van der Waals surface area contributed by atoms with Gasteiger partial charge in [0.25, 0.3) is 0 Å². The van der Waals surface area contributed by atoms with Crippen LogP contribution in [0.3, 0.4) is 0 Å². The topological polar surface area (TPSA) is 13.1 Å². The molecular formula is C12H12O. The van der Waals surface area contributed by atoms with Crippen LogP contribution in [0.25, 0.3) is 0 Å². The lowest BCUT2D eigenvalue weighted by molar-refractivity contribution is 0.564. The predicted octanol–water partition coefficient (Wildman–Crippen LogP) is 3.18. The van der Waals surface area contributed by atoms with Crippen LogP contribution in [-0.4, -0.2) is 0 Å². The predicted molar refractivity (Wildman–Crippen MR) is 52.7 cm³/mol. The lowest BCUT2D eigenvalue weighted by Gasteiger charge is -1.98. The van der Waals surface area contributed by atoms with E-state index in [2.05, 4.69) is 31.2 Å². The molecule has 0 radical (unpaired) electrons. The number of furan rings is 1. The normalized spacial score (nSPS) is 10.2. The fraction of sp³-hybridized carbons (Fsp3) is 0.167. The van der Waals surface area contributed by atoms with Crippen LogP contribution in [0.2, 0.25) is 0 Å². The zero-order chi connectivity index (χ0) is 9.10. The van der Waals surface area contributed by atoms with Crippen molar-refractivity contribution in [3.63, 3.8) is 0 Å². The Morgan fingerprint density at radius 1 is 1.00 bits per heavy atom. The molecular weight excluding hydrogens is 160 g/mol. The minimum Gasteiger partial charge on any atom is -0.472 e. The maximum Gasteiger partial charge on any atom is 0.0937 e. The SMILES string of the molecule is Cc1ccc(Cc2ccoc2)cc1. The molecule has 1 heterocycles. The Hall–Kier alpha value is -1.50. The van der Waals surface area contributed by atoms with Gasteiger partial charge in [-0.25, -0.2) is 0 Å². The summed E-state index contributed by atoms with van der Waals surface area (Å²) in [6.07, 6.45) is 4.46. The first-order chi connectivity index (χ1) is 6.34. The minimum atomic E-state index is 0.955. The molecule has 1 aromatic heterocycles. The average Bonchev–Trinajstić information content (AvgIpc) is 2.62. The lowest BCUT2D eigenvalue weighted by atomic mass is 10.1. The fourth-order valence-corrected chi connectivity index (χ4v) is 1.33. The molecule has 1 heteroatoms. The molecule has 2 aromatic rings. The highest BCUT2D eigenvalue weighted by atomic mass is 16.3. The van der Waals surface area contributed by atoms with Gasteiger partial charge in [0, 0.05) is 6.42 Å². The van der Waals surface area contributed by atoms with Crippen LogP contribution in [0.1, 0.15) is 16.7 Å². The van der Waals surface area contributed by atoms with Crippen LogP contribution in [0, 0.1) is 6.92 Å². The molecule has 66 valence electrons. The molecule has 0 fully saturated rings. The van der Waals surface area contributed by atoms with Crippen molar-refractivity contribution < 1.29 is 4.42 Å². The van der Waals surface area contributed by atoms with Crippen LogP contribution in [0.4, 0.5) is 0 Å². The minimum absolute atomic E-state index is 0.955. The van der Waals surface area contributed by atoms with Crippen molar-refractivity contribution in [3.8, 4) is 0 Å². The van der Waals surface area contributed by atoms with Crippen molar-refractivity contribution in [2.45, 2.75) is 13.3 Å². The second-order valence-electron chi connectivity index (χ2n) is 3.29. The monoisotopic (exact) mass is 172 g/mol. The number of hydrogen-bond donors (Lipinski definition) is 0. The first-order valence-corrected chi connectivity index (χ1v) is 4.41. The molecule has 0 bridgehead atoms. The van der Waals surface area contributed by atoms with E-state index in [1.54, 1.807) is 12.5 Å². The van der Waals surface area contributed by atoms with Crippen molar-refractivity contribution in [1.82, 2.24) is 0 Å². The van der Waals surface area contributed by atoms with E-state index < -0.39 is 0 Å². The van der Waals surface area contributed by atoms with Gasteiger partial charge in [-0.15, -0.1) is 0 Å². The molecule has 0 aliphatic carbocycles. The molecule has 0 unspecified atom stereocenters. The number of rotatable bonds is 2. The van der Waals surface area contributed by atoms with Crippen LogP contribution in [-0.2, 0) is 6.42 Å². The van der Waals surface area contributed by atoms with E-state index in [9.17, 15) is 0 Å². The number of aryl methyl sites for hydroxylation is 1. The lowest BCUT2D eigenvalue weighted by Crippen LogP contribution is -1.84. The molecule has 0 spiro atoms. The van der Waals surface area contributed by atoms with Gasteiger partial charge in [-0.1, -0.05) is 29.8 Å². The maximum atomic E-state index is 5.01. The highest BCUT2D eigenvalue weighted by Crippen LogP contribution is 2.10. The summed E-state index contributed by atoms with van der Waals surface area (Å²) in [5, 5.41) is 0. The molecule has 0 saturated heterocycles. The number of hydrogen-bond acceptors (Lipinski definition) is 1. The summed E-state index contributed by atoms with van der Waals surface area (Å²) < 4.78 is 5.01. The van der Waals surface area contributed by atoms with Gasteiger partial charge in [-0.3, -0.25) is 0 Å². The van der Waals surface area contributed by atoms with Crippen LogP contribution < -0.4 is 0 Å². The molecule has 0 aliphatic heterocycles. The summed E-state index contributed by atoms with van der Waals surface area (Å²) >= 11 is 0. The van der Waals surface area contributed by atoms with E-state index in [4.69, 9.17) is 4.42 Å². The largest absolute Gasteiger partial charge is 0.472 e. The summed E-state index contributed by atoms with van der Waals surface area (Å²) in [6, 6.07) is 10.6. The second kappa shape index (κ2) is 3.48. The molecule has 1 aromatic carbocycles. The van der Waals surface area contributed by atoms with Crippen molar-refractivity contribution >= 4 is 0 Å². The third-order valence-corrected chi connectivity index (χ3v) is 2.11. The standard InChI is InChI=1S/C12H12O/c1-10-2-4-11(5-3-10)8-12-6-7-13-9-12/h2-7,9H,8H2,1H3. The van der Waals surface area contributed by atoms with E-state index >= 15 is 0 Å². The molecule has 0 aliphatic rings. The zero-order valence-corrected chi connectivity index (χ0v) is 7.66. The maximum absolute atomic E-state index is 5.01. The second-order valence-corrected chi connectivity index (χ2v) is 3.29. The quantitative estimate of drug-likeness (QED) is 0.678. The zero-order valence-electron chi connectivity index (χ0n) is 7.66. The molecule has 0 saturated carbocycles.